The molecule has 0 saturated heterocycles. The molecule has 0 amide bonds. The molecule has 118 valence electrons. The van der Waals surface area contributed by atoms with E-state index in [1.165, 1.54) is 12.1 Å². The second kappa shape index (κ2) is 7.53. The van der Waals surface area contributed by atoms with Gasteiger partial charge in [0.1, 0.15) is 0 Å². The number of hydrogen-bond donors (Lipinski definition) is 2. The normalized spacial score (nSPS) is 11.8. The van der Waals surface area contributed by atoms with E-state index in [-0.39, 0.29) is 10.5 Å². The highest BCUT2D eigenvalue weighted by atomic mass is 32.2. The van der Waals surface area contributed by atoms with Gasteiger partial charge in [-0.05, 0) is 51.2 Å². The zero-order valence-corrected chi connectivity index (χ0v) is 13.4. The maximum Gasteiger partial charge on any atom is 0.335 e. The maximum absolute atomic E-state index is 12.3. The van der Waals surface area contributed by atoms with Crippen LogP contribution in [0.15, 0.2) is 23.1 Å². The van der Waals surface area contributed by atoms with E-state index in [2.05, 4.69) is 4.72 Å². The molecule has 0 bridgehead atoms. The molecule has 0 aromatic heterocycles. The highest BCUT2D eigenvalue weighted by Crippen LogP contribution is 2.18. The number of carboxylic acids is 1. The summed E-state index contributed by atoms with van der Waals surface area (Å²) in [6.45, 7) is 2.93. The number of carboxylic acid groups (broad SMARTS) is 1. The summed E-state index contributed by atoms with van der Waals surface area (Å²) < 4.78 is 27.2. The summed E-state index contributed by atoms with van der Waals surface area (Å²) in [7, 11) is 0.145. The van der Waals surface area contributed by atoms with Crippen LogP contribution in [-0.4, -0.2) is 51.6 Å². The number of nitrogens with zero attached hydrogens (tertiary/aromatic N) is 1. The van der Waals surface area contributed by atoms with Crippen molar-refractivity contribution in [2.24, 2.45) is 0 Å². The van der Waals surface area contributed by atoms with Gasteiger partial charge in [-0.25, -0.2) is 17.9 Å². The Kier molecular flexibility index (Phi) is 6.32. The van der Waals surface area contributed by atoms with Gasteiger partial charge in [0, 0.05) is 6.54 Å². The van der Waals surface area contributed by atoms with Gasteiger partial charge in [-0.15, -0.1) is 0 Å². The first kappa shape index (κ1) is 17.6. The van der Waals surface area contributed by atoms with E-state index in [4.69, 9.17) is 5.11 Å². The molecule has 1 rings (SSSR count). The third-order valence-corrected chi connectivity index (χ3v) is 4.60. The van der Waals surface area contributed by atoms with Crippen LogP contribution in [0.4, 0.5) is 0 Å². The van der Waals surface area contributed by atoms with Crippen LogP contribution >= 0.6 is 0 Å². The molecule has 0 radical (unpaired) electrons. The van der Waals surface area contributed by atoms with Crippen LogP contribution in [-0.2, 0) is 16.4 Å². The fraction of sp³-hybridized carbons (Fsp3) is 0.500. The number of rotatable bonds is 8. The molecular formula is C14H22N2O4S. The zero-order chi connectivity index (χ0) is 16.0. The van der Waals surface area contributed by atoms with Gasteiger partial charge in [0.2, 0.25) is 10.0 Å². The third-order valence-electron chi connectivity index (χ3n) is 3.06. The summed E-state index contributed by atoms with van der Waals surface area (Å²) in [5, 5.41) is 8.99. The lowest BCUT2D eigenvalue weighted by Gasteiger charge is -2.13. The van der Waals surface area contributed by atoms with E-state index >= 15 is 0 Å². The highest BCUT2D eigenvalue weighted by molar-refractivity contribution is 7.89. The number of nitrogens with one attached hydrogen (secondary N) is 1. The summed E-state index contributed by atoms with van der Waals surface area (Å²) in [6.07, 6.45) is 1.21. The van der Waals surface area contributed by atoms with Crippen molar-refractivity contribution in [1.82, 2.24) is 9.62 Å². The first-order valence-electron chi connectivity index (χ1n) is 6.78. The van der Waals surface area contributed by atoms with Gasteiger partial charge in [0.25, 0.3) is 0 Å². The molecule has 0 spiro atoms. The zero-order valence-electron chi connectivity index (χ0n) is 12.6. The van der Waals surface area contributed by atoms with Crippen LogP contribution in [0, 0.1) is 0 Å². The minimum Gasteiger partial charge on any atom is -0.478 e. The number of carbonyl (C=O) groups is 1. The van der Waals surface area contributed by atoms with Crippen molar-refractivity contribution in [2.75, 3.05) is 27.2 Å². The van der Waals surface area contributed by atoms with Crippen LogP contribution in [0.1, 0.15) is 29.3 Å². The molecule has 0 fully saturated rings. The topological polar surface area (TPSA) is 86.7 Å². The van der Waals surface area contributed by atoms with Crippen LogP contribution in [0.3, 0.4) is 0 Å². The minimum atomic E-state index is -3.69. The Morgan fingerprint density at radius 1 is 1.33 bits per heavy atom. The van der Waals surface area contributed by atoms with Crippen molar-refractivity contribution in [3.05, 3.63) is 29.3 Å². The van der Waals surface area contributed by atoms with E-state index in [9.17, 15) is 13.2 Å². The van der Waals surface area contributed by atoms with Gasteiger partial charge in [-0.2, -0.15) is 0 Å². The predicted molar refractivity (Wildman–Crippen MR) is 81.1 cm³/mol. The summed E-state index contributed by atoms with van der Waals surface area (Å²) in [6, 6.07) is 4.19. The Balaban J connectivity index is 2.95. The molecule has 7 heteroatoms. The fourth-order valence-corrected chi connectivity index (χ4v) is 3.32. The molecular weight excluding hydrogens is 292 g/mol. The number of aryl methyl sites for hydroxylation is 1. The fourth-order valence-electron chi connectivity index (χ4n) is 1.91. The predicted octanol–water partition coefficient (Wildman–Crippen LogP) is 1.18. The van der Waals surface area contributed by atoms with Gasteiger partial charge in [0.15, 0.2) is 0 Å². The monoisotopic (exact) mass is 314 g/mol. The van der Waals surface area contributed by atoms with Crippen molar-refractivity contribution in [2.45, 2.75) is 24.7 Å². The maximum atomic E-state index is 12.3. The Labute approximate surface area is 125 Å². The van der Waals surface area contributed by atoms with Crippen molar-refractivity contribution >= 4 is 16.0 Å². The molecule has 2 N–H and O–H groups in total. The van der Waals surface area contributed by atoms with Crippen LogP contribution in [0.5, 0.6) is 0 Å². The number of benzene rings is 1. The Hall–Kier alpha value is -1.44. The Morgan fingerprint density at radius 2 is 2.00 bits per heavy atom. The molecule has 0 aliphatic carbocycles. The molecule has 1 aromatic rings. The van der Waals surface area contributed by atoms with E-state index in [0.29, 0.717) is 24.9 Å². The van der Waals surface area contributed by atoms with Crippen molar-refractivity contribution in [1.29, 1.82) is 0 Å². The van der Waals surface area contributed by atoms with E-state index in [0.717, 1.165) is 6.54 Å². The molecule has 0 saturated carbocycles. The summed E-state index contributed by atoms with van der Waals surface area (Å²) in [5.74, 6) is -1.14. The quantitative estimate of drug-likeness (QED) is 0.704. The lowest BCUT2D eigenvalue weighted by atomic mass is 10.1. The average Bonchev–Trinajstić information content (AvgIpc) is 2.42. The van der Waals surface area contributed by atoms with Gasteiger partial charge >= 0.3 is 5.97 Å². The molecule has 6 nitrogen and oxygen atoms in total. The lowest BCUT2D eigenvalue weighted by molar-refractivity contribution is 0.0696. The molecule has 21 heavy (non-hydrogen) atoms. The largest absolute Gasteiger partial charge is 0.478 e. The molecule has 0 aliphatic heterocycles. The van der Waals surface area contributed by atoms with E-state index < -0.39 is 16.0 Å². The van der Waals surface area contributed by atoms with E-state index in [1.807, 2.05) is 25.9 Å². The summed E-state index contributed by atoms with van der Waals surface area (Å²) in [5.41, 5.74) is 0.584. The van der Waals surface area contributed by atoms with Gasteiger partial charge in [0.05, 0.1) is 10.5 Å². The first-order chi connectivity index (χ1) is 9.77. The Morgan fingerprint density at radius 3 is 2.52 bits per heavy atom. The molecule has 1 aromatic carbocycles. The number of aromatic carboxylic acids is 1. The first-order valence-corrected chi connectivity index (χ1v) is 8.27. The van der Waals surface area contributed by atoms with Crippen molar-refractivity contribution in [3.63, 3.8) is 0 Å². The van der Waals surface area contributed by atoms with E-state index in [1.54, 1.807) is 6.07 Å². The molecule has 0 unspecified atom stereocenters. The lowest BCUT2D eigenvalue weighted by Crippen LogP contribution is -2.28. The average molecular weight is 314 g/mol. The minimum absolute atomic E-state index is 0.0270. The number of sulfonamides is 1. The second-order valence-corrected chi connectivity index (χ2v) is 6.77. The smallest absolute Gasteiger partial charge is 0.335 e. The summed E-state index contributed by atoms with van der Waals surface area (Å²) >= 11 is 0. The molecule has 0 atom stereocenters. The molecule has 0 heterocycles. The van der Waals surface area contributed by atoms with Crippen LogP contribution in [0.25, 0.3) is 0 Å². The van der Waals surface area contributed by atoms with Gasteiger partial charge < -0.3 is 10.0 Å². The Bertz CT molecular complexity index is 597. The van der Waals surface area contributed by atoms with Gasteiger partial charge in [-0.3, -0.25) is 0 Å². The molecule has 0 aliphatic rings. The van der Waals surface area contributed by atoms with Crippen LogP contribution in [0.2, 0.25) is 0 Å². The van der Waals surface area contributed by atoms with Crippen molar-refractivity contribution < 1.29 is 18.3 Å². The standard InChI is InChI=1S/C14H22N2O4S/c1-4-11-6-7-12(14(17)18)10-13(11)21(19,20)15-8-5-9-16(2)3/h6-7,10,15H,4-5,8-9H2,1-3H3,(H,17,18). The number of hydrogen-bond acceptors (Lipinski definition) is 4. The van der Waals surface area contributed by atoms with Crippen LogP contribution < -0.4 is 4.72 Å². The third kappa shape index (κ3) is 5.11. The van der Waals surface area contributed by atoms with Gasteiger partial charge in [-0.1, -0.05) is 13.0 Å². The SMILES string of the molecule is CCc1ccc(C(=O)O)cc1S(=O)(=O)NCCCN(C)C. The second-order valence-electron chi connectivity index (χ2n) is 5.04. The highest BCUT2D eigenvalue weighted by Gasteiger charge is 2.19. The van der Waals surface area contributed by atoms with Crippen molar-refractivity contribution in [3.8, 4) is 0 Å². The summed E-state index contributed by atoms with van der Waals surface area (Å²) in [4.78, 5) is 13.0.